The van der Waals surface area contributed by atoms with Crippen molar-refractivity contribution in [3.05, 3.63) is 46.9 Å². The first-order chi connectivity index (χ1) is 9.58. The Labute approximate surface area is 121 Å². The van der Waals surface area contributed by atoms with Crippen LogP contribution in [0.1, 0.15) is 24.4 Å². The van der Waals surface area contributed by atoms with E-state index in [9.17, 15) is 9.50 Å². The van der Waals surface area contributed by atoms with E-state index in [2.05, 4.69) is 15.3 Å². The normalized spacial score (nSPS) is 12.2. The van der Waals surface area contributed by atoms with Gasteiger partial charge in [-0.3, -0.25) is 0 Å². The molecule has 0 radical (unpaired) electrons. The van der Waals surface area contributed by atoms with Gasteiger partial charge in [0.05, 0.1) is 5.69 Å². The lowest BCUT2D eigenvalue weighted by atomic mass is 10.1. The Morgan fingerprint density at radius 1 is 1.30 bits per heavy atom. The molecule has 20 heavy (non-hydrogen) atoms. The van der Waals surface area contributed by atoms with Crippen LogP contribution in [-0.2, 0) is 6.42 Å². The highest BCUT2D eigenvalue weighted by molar-refractivity contribution is 6.33. The zero-order valence-corrected chi connectivity index (χ0v) is 11.7. The van der Waals surface area contributed by atoms with Crippen LogP contribution < -0.4 is 5.32 Å². The van der Waals surface area contributed by atoms with Gasteiger partial charge in [-0.15, -0.1) is 0 Å². The Bertz CT molecular complexity index is 575. The maximum atomic E-state index is 13.3. The molecule has 1 aromatic carbocycles. The molecule has 2 aromatic rings. The van der Waals surface area contributed by atoms with E-state index in [1.54, 1.807) is 12.1 Å². The van der Waals surface area contributed by atoms with Crippen molar-refractivity contribution < 1.29 is 9.50 Å². The summed E-state index contributed by atoms with van der Waals surface area (Å²) in [5, 5.41) is 12.5. The van der Waals surface area contributed by atoms with E-state index in [0.717, 1.165) is 12.0 Å². The van der Waals surface area contributed by atoms with Gasteiger partial charge in [-0.1, -0.05) is 23.7 Å². The third kappa shape index (κ3) is 3.57. The number of anilines is 1. The number of aromatic hydroxyl groups is 1. The number of phenols is 1. The van der Waals surface area contributed by atoms with Crippen molar-refractivity contribution in [2.75, 3.05) is 11.9 Å². The zero-order valence-electron chi connectivity index (χ0n) is 11.0. The quantitative estimate of drug-likeness (QED) is 0.886. The average molecular weight is 296 g/mol. The van der Waals surface area contributed by atoms with Crippen LogP contribution in [0.15, 0.2) is 30.6 Å². The van der Waals surface area contributed by atoms with Crippen LogP contribution in [0.4, 0.5) is 10.2 Å². The summed E-state index contributed by atoms with van der Waals surface area (Å²) in [5.74, 6) is 0.669. The van der Waals surface area contributed by atoms with Gasteiger partial charge in [-0.2, -0.15) is 0 Å². The molecule has 0 fully saturated rings. The van der Waals surface area contributed by atoms with Crippen molar-refractivity contribution in [1.82, 2.24) is 9.97 Å². The van der Waals surface area contributed by atoms with Crippen LogP contribution >= 0.6 is 11.6 Å². The summed E-state index contributed by atoms with van der Waals surface area (Å²) in [4.78, 5) is 7.83. The molecule has 0 saturated heterocycles. The first-order valence-corrected chi connectivity index (χ1v) is 6.62. The second-order valence-electron chi connectivity index (χ2n) is 4.38. The fourth-order valence-corrected chi connectivity index (χ4v) is 2.09. The molecule has 6 heteroatoms. The molecular formula is C14H15ClFN3O. The lowest BCUT2D eigenvalue weighted by Gasteiger charge is -2.10. The topological polar surface area (TPSA) is 58.0 Å². The molecule has 0 aliphatic heterocycles. The first kappa shape index (κ1) is 14.5. The van der Waals surface area contributed by atoms with Gasteiger partial charge < -0.3 is 10.4 Å². The molecular weight excluding hydrogens is 281 g/mol. The second-order valence-corrected chi connectivity index (χ2v) is 4.76. The number of phenolic OH excluding ortho intramolecular Hbond substituents is 1. The largest absolute Gasteiger partial charge is 0.508 e. The Morgan fingerprint density at radius 2 is 2.00 bits per heavy atom. The summed E-state index contributed by atoms with van der Waals surface area (Å²) in [5.41, 5.74) is 1.26. The molecule has 1 heterocycles. The molecule has 0 aliphatic rings. The smallest absolute Gasteiger partial charge is 0.148 e. The van der Waals surface area contributed by atoms with Crippen molar-refractivity contribution in [1.29, 1.82) is 0 Å². The van der Waals surface area contributed by atoms with Gasteiger partial charge in [-0.05, 0) is 31.0 Å². The van der Waals surface area contributed by atoms with Crippen molar-refractivity contribution in [3.8, 4) is 5.75 Å². The predicted octanol–water partition coefficient (Wildman–Crippen LogP) is 3.52. The monoisotopic (exact) mass is 295 g/mol. The zero-order chi connectivity index (χ0) is 14.5. The van der Waals surface area contributed by atoms with Crippen molar-refractivity contribution in [2.45, 2.75) is 19.5 Å². The Hall–Kier alpha value is -1.88. The average Bonchev–Trinajstić information content (AvgIpc) is 2.42. The fraction of sp³-hybridized carbons (Fsp3) is 0.286. The second kappa shape index (κ2) is 6.52. The number of hydrogen-bond acceptors (Lipinski definition) is 4. The number of alkyl halides is 1. The van der Waals surface area contributed by atoms with Crippen LogP contribution in [0.3, 0.4) is 0 Å². The minimum absolute atomic E-state index is 0.189. The standard InChI is InChI=1S/C14H15ClFN3O/c1-9(16)13-12(15)14(19-8-18-13)17-7-6-10-2-4-11(20)5-3-10/h2-5,8-9,20H,6-7H2,1H3,(H,17,18,19). The predicted molar refractivity (Wildman–Crippen MR) is 76.9 cm³/mol. The third-order valence-electron chi connectivity index (χ3n) is 2.84. The lowest BCUT2D eigenvalue weighted by Crippen LogP contribution is -2.08. The number of hydrogen-bond donors (Lipinski definition) is 2. The summed E-state index contributed by atoms with van der Waals surface area (Å²) in [6, 6.07) is 6.95. The Balaban J connectivity index is 1.97. The van der Waals surface area contributed by atoms with Crippen molar-refractivity contribution in [2.24, 2.45) is 0 Å². The van der Waals surface area contributed by atoms with Gasteiger partial charge in [0.2, 0.25) is 0 Å². The molecule has 106 valence electrons. The highest BCUT2D eigenvalue weighted by Crippen LogP contribution is 2.28. The maximum Gasteiger partial charge on any atom is 0.148 e. The minimum atomic E-state index is -1.23. The lowest BCUT2D eigenvalue weighted by molar-refractivity contribution is 0.365. The third-order valence-corrected chi connectivity index (χ3v) is 3.21. The van der Waals surface area contributed by atoms with Gasteiger partial charge >= 0.3 is 0 Å². The van der Waals surface area contributed by atoms with E-state index in [1.165, 1.54) is 13.3 Å². The fourth-order valence-electron chi connectivity index (χ4n) is 1.77. The molecule has 1 aromatic heterocycles. The number of nitrogens with one attached hydrogen (secondary N) is 1. The summed E-state index contributed by atoms with van der Waals surface area (Å²) >= 11 is 6.05. The first-order valence-electron chi connectivity index (χ1n) is 6.24. The van der Waals surface area contributed by atoms with Gasteiger partial charge in [0, 0.05) is 6.54 Å². The summed E-state index contributed by atoms with van der Waals surface area (Å²) in [6.07, 6.45) is 0.796. The highest BCUT2D eigenvalue weighted by atomic mass is 35.5. The van der Waals surface area contributed by atoms with E-state index >= 15 is 0 Å². The molecule has 4 nitrogen and oxygen atoms in total. The van der Waals surface area contributed by atoms with Crippen molar-refractivity contribution in [3.63, 3.8) is 0 Å². The number of rotatable bonds is 5. The van der Waals surface area contributed by atoms with E-state index in [-0.39, 0.29) is 16.5 Å². The molecule has 0 spiro atoms. The number of halogens is 2. The molecule has 0 aliphatic carbocycles. The summed E-state index contributed by atoms with van der Waals surface area (Å²) < 4.78 is 13.3. The molecule has 0 bridgehead atoms. The van der Waals surface area contributed by atoms with Crippen LogP contribution in [0.5, 0.6) is 5.75 Å². The molecule has 2 N–H and O–H groups in total. The molecule has 1 atom stereocenters. The van der Waals surface area contributed by atoms with Gasteiger partial charge in [0.25, 0.3) is 0 Å². The van der Waals surface area contributed by atoms with Gasteiger partial charge in [0.15, 0.2) is 0 Å². The van der Waals surface area contributed by atoms with E-state index in [1.807, 2.05) is 12.1 Å². The summed E-state index contributed by atoms with van der Waals surface area (Å²) in [7, 11) is 0. The Kier molecular flexibility index (Phi) is 4.74. The number of nitrogens with zero attached hydrogens (tertiary/aromatic N) is 2. The highest BCUT2D eigenvalue weighted by Gasteiger charge is 2.14. The van der Waals surface area contributed by atoms with Crippen LogP contribution in [0.25, 0.3) is 0 Å². The van der Waals surface area contributed by atoms with Gasteiger partial charge in [0.1, 0.15) is 29.1 Å². The van der Waals surface area contributed by atoms with Crippen LogP contribution in [-0.4, -0.2) is 21.6 Å². The van der Waals surface area contributed by atoms with E-state index in [0.29, 0.717) is 12.4 Å². The molecule has 0 saturated carbocycles. The number of aromatic nitrogens is 2. The Morgan fingerprint density at radius 3 is 2.65 bits per heavy atom. The molecule has 1 unspecified atom stereocenters. The SMILES string of the molecule is CC(F)c1ncnc(NCCc2ccc(O)cc2)c1Cl. The van der Waals surface area contributed by atoms with E-state index in [4.69, 9.17) is 11.6 Å². The minimum Gasteiger partial charge on any atom is -0.508 e. The maximum absolute atomic E-state index is 13.3. The van der Waals surface area contributed by atoms with Crippen LogP contribution in [0.2, 0.25) is 5.02 Å². The van der Waals surface area contributed by atoms with Crippen molar-refractivity contribution >= 4 is 17.4 Å². The molecule has 2 rings (SSSR count). The molecule has 0 amide bonds. The number of benzene rings is 1. The van der Waals surface area contributed by atoms with Crippen LogP contribution in [0, 0.1) is 0 Å². The van der Waals surface area contributed by atoms with Gasteiger partial charge in [-0.25, -0.2) is 14.4 Å². The summed E-state index contributed by atoms with van der Waals surface area (Å²) in [6.45, 7) is 1.98. The van der Waals surface area contributed by atoms with E-state index < -0.39 is 6.17 Å².